The first-order valence-electron chi connectivity index (χ1n) is 8.76. The van der Waals surface area contributed by atoms with Crippen LogP contribution in [0.4, 0.5) is 11.4 Å². The average Bonchev–Trinajstić information content (AvgIpc) is 3.28. The van der Waals surface area contributed by atoms with Crippen LogP contribution in [0.5, 0.6) is 0 Å². The second-order valence-electron chi connectivity index (χ2n) is 6.12. The van der Waals surface area contributed by atoms with Crippen LogP contribution in [0, 0.1) is 10.1 Å². The molecule has 0 saturated carbocycles. The van der Waals surface area contributed by atoms with Gasteiger partial charge in [0.1, 0.15) is 0 Å². The number of hydrogen-bond donors (Lipinski definition) is 1. The number of ether oxygens (including phenoxy) is 2. The Balaban J connectivity index is 1.87. The molecule has 158 valence electrons. The van der Waals surface area contributed by atoms with E-state index < -0.39 is 22.8 Å². The summed E-state index contributed by atoms with van der Waals surface area (Å²) >= 11 is 0. The first-order chi connectivity index (χ1) is 14.8. The Bertz CT molecular complexity index is 1170. The highest BCUT2D eigenvalue weighted by atomic mass is 16.6. The molecule has 2 aromatic carbocycles. The maximum atomic E-state index is 12.7. The van der Waals surface area contributed by atoms with Gasteiger partial charge in [-0.25, -0.2) is 14.3 Å². The average molecular weight is 424 g/mol. The Labute approximate surface area is 175 Å². The topological polar surface area (TPSA) is 143 Å². The number of benzene rings is 2. The minimum absolute atomic E-state index is 0.0117. The van der Waals surface area contributed by atoms with Gasteiger partial charge in [0.15, 0.2) is 5.69 Å². The molecule has 0 atom stereocenters. The molecule has 1 amide bonds. The van der Waals surface area contributed by atoms with Crippen LogP contribution in [0.15, 0.2) is 54.7 Å². The van der Waals surface area contributed by atoms with E-state index in [1.54, 1.807) is 0 Å². The SMILES string of the molecule is COC(=O)c1ccc(C(=O)OC)c(NC(=O)c2ccn(-c3ccc([N+](=O)[O-])cc3)n2)c1. The first kappa shape index (κ1) is 21.2. The smallest absolute Gasteiger partial charge is 0.339 e. The molecule has 0 fully saturated rings. The lowest BCUT2D eigenvalue weighted by Crippen LogP contribution is -2.17. The van der Waals surface area contributed by atoms with Gasteiger partial charge in [-0.05, 0) is 36.4 Å². The molecule has 1 aromatic heterocycles. The van der Waals surface area contributed by atoms with Gasteiger partial charge in [-0.2, -0.15) is 5.10 Å². The van der Waals surface area contributed by atoms with Gasteiger partial charge < -0.3 is 14.8 Å². The fourth-order valence-corrected chi connectivity index (χ4v) is 2.68. The molecule has 1 N–H and O–H groups in total. The van der Waals surface area contributed by atoms with E-state index in [1.807, 2.05) is 0 Å². The molecule has 0 aliphatic heterocycles. The van der Waals surface area contributed by atoms with Crippen molar-refractivity contribution in [2.24, 2.45) is 0 Å². The normalized spacial score (nSPS) is 10.3. The highest BCUT2D eigenvalue weighted by Gasteiger charge is 2.19. The van der Waals surface area contributed by atoms with Crippen molar-refractivity contribution in [3.8, 4) is 5.69 Å². The number of nitro groups is 1. The lowest BCUT2D eigenvalue weighted by Gasteiger charge is -2.10. The van der Waals surface area contributed by atoms with Gasteiger partial charge in [0.2, 0.25) is 0 Å². The van der Waals surface area contributed by atoms with Crippen LogP contribution in [0.3, 0.4) is 0 Å². The standard InChI is InChI=1S/C20H16N4O7/c1-30-19(26)12-3-8-15(20(27)31-2)17(11-12)21-18(25)16-9-10-23(22-16)13-4-6-14(7-5-13)24(28)29/h3-11H,1-2H3,(H,21,25). The lowest BCUT2D eigenvalue weighted by atomic mass is 10.1. The number of methoxy groups -OCH3 is 2. The van der Waals surface area contributed by atoms with Crippen LogP contribution in [0.25, 0.3) is 5.69 Å². The Morgan fingerprint density at radius 2 is 1.68 bits per heavy atom. The molecule has 0 saturated heterocycles. The second kappa shape index (κ2) is 8.86. The summed E-state index contributed by atoms with van der Waals surface area (Å²) in [6.45, 7) is 0. The number of nitrogens with zero attached hydrogens (tertiary/aromatic N) is 3. The van der Waals surface area contributed by atoms with Gasteiger partial charge in [-0.15, -0.1) is 0 Å². The summed E-state index contributed by atoms with van der Waals surface area (Å²) in [7, 11) is 2.40. The Morgan fingerprint density at radius 1 is 1.00 bits per heavy atom. The molecule has 11 nitrogen and oxygen atoms in total. The fourth-order valence-electron chi connectivity index (χ4n) is 2.68. The van der Waals surface area contributed by atoms with Crippen molar-refractivity contribution >= 4 is 29.2 Å². The number of rotatable bonds is 6. The van der Waals surface area contributed by atoms with Crippen molar-refractivity contribution in [2.45, 2.75) is 0 Å². The van der Waals surface area contributed by atoms with E-state index in [2.05, 4.69) is 15.2 Å². The van der Waals surface area contributed by atoms with Crippen molar-refractivity contribution in [3.05, 3.63) is 81.7 Å². The molecule has 11 heteroatoms. The number of amides is 1. The van der Waals surface area contributed by atoms with Gasteiger partial charge in [-0.1, -0.05) is 0 Å². The zero-order valence-electron chi connectivity index (χ0n) is 16.4. The summed E-state index contributed by atoms with van der Waals surface area (Å²) in [6, 6.07) is 11.0. The molecule has 0 radical (unpaired) electrons. The Kier molecular flexibility index (Phi) is 6.05. The van der Waals surface area contributed by atoms with E-state index in [0.29, 0.717) is 5.69 Å². The molecule has 3 rings (SSSR count). The predicted molar refractivity (Wildman–Crippen MR) is 107 cm³/mol. The maximum Gasteiger partial charge on any atom is 0.339 e. The van der Waals surface area contributed by atoms with E-state index in [0.717, 1.165) is 0 Å². The molecule has 0 unspecified atom stereocenters. The Hall–Kier alpha value is -4.54. The van der Waals surface area contributed by atoms with Gasteiger partial charge in [0, 0.05) is 18.3 Å². The summed E-state index contributed by atoms with van der Waals surface area (Å²) in [5, 5.41) is 17.5. The van der Waals surface area contributed by atoms with Crippen molar-refractivity contribution < 1.29 is 28.8 Å². The summed E-state index contributed by atoms with van der Waals surface area (Å²) in [5.74, 6) is -2.00. The summed E-state index contributed by atoms with van der Waals surface area (Å²) in [4.78, 5) is 46.7. The third kappa shape index (κ3) is 4.56. The molecule has 0 spiro atoms. The van der Waals surface area contributed by atoms with E-state index in [-0.39, 0.29) is 28.2 Å². The lowest BCUT2D eigenvalue weighted by molar-refractivity contribution is -0.384. The molecule has 1 heterocycles. The monoisotopic (exact) mass is 424 g/mol. The molecule has 3 aromatic rings. The van der Waals surface area contributed by atoms with Gasteiger partial charge >= 0.3 is 11.9 Å². The zero-order chi connectivity index (χ0) is 22.5. The molecular formula is C20H16N4O7. The van der Waals surface area contributed by atoms with E-state index in [9.17, 15) is 24.5 Å². The van der Waals surface area contributed by atoms with E-state index in [4.69, 9.17) is 4.74 Å². The zero-order valence-corrected chi connectivity index (χ0v) is 16.4. The van der Waals surface area contributed by atoms with E-state index in [1.165, 1.54) is 73.6 Å². The largest absolute Gasteiger partial charge is 0.465 e. The Morgan fingerprint density at radius 3 is 2.29 bits per heavy atom. The van der Waals surface area contributed by atoms with Crippen LogP contribution in [-0.4, -0.2) is 46.8 Å². The van der Waals surface area contributed by atoms with Gasteiger partial charge in [0.25, 0.3) is 11.6 Å². The van der Waals surface area contributed by atoms with Crippen molar-refractivity contribution in [2.75, 3.05) is 19.5 Å². The van der Waals surface area contributed by atoms with Gasteiger partial charge in [0.05, 0.1) is 41.6 Å². The minimum atomic E-state index is -0.705. The van der Waals surface area contributed by atoms with Gasteiger partial charge in [-0.3, -0.25) is 14.9 Å². The maximum absolute atomic E-state index is 12.7. The molecule has 0 aliphatic rings. The number of carbonyl (C=O) groups excluding carboxylic acids is 3. The number of aromatic nitrogens is 2. The van der Waals surface area contributed by atoms with Crippen molar-refractivity contribution in [3.63, 3.8) is 0 Å². The van der Waals surface area contributed by atoms with Crippen molar-refractivity contribution in [1.29, 1.82) is 0 Å². The van der Waals surface area contributed by atoms with Crippen LogP contribution < -0.4 is 5.32 Å². The number of non-ortho nitro benzene ring substituents is 1. The van der Waals surface area contributed by atoms with Crippen LogP contribution >= 0.6 is 0 Å². The molecule has 0 bridgehead atoms. The summed E-state index contributed by atoms with van der Waals surface area (Å²) < 4.78 is 10.7. The van der Waals surface area contributed by atoms with E-state index >= 15 is 0 Å². The summed E-state index contributed by atoms with van der Waals surface area (Å²) in [5.41, 5.74) is 0.657. The quantitative estimate of drug-likeness (QED) is 0.361. The third-order valence-corrected chi connectivity index (χ3v) is 4.24. The second-order valence-corrected chi connectivity index (χ2v) is 6.12. The highest BCUT2D eigenvalue weighted by molar-refractivity contribution is 6.08. The molecular weight excluding hydrogens is 408 g/mol. The molecule has 31 heavy (non-hydrogen) atoms. The minimum Gasteiger partial charge on any atom is -0.465 e. The number of hydrogen-bond acceptors (Lipinski definition) is 8. The third-order valence-electron chi connectivity index (χ3n) is 4.24. The number of anilines is 1. The van der Waals surface area contributed by atoms with Crippen LogP contribution in [0.1, 0.15) is 31.2 Å². The number of esters is 2. The first-order valence-corrected chi connectivity index (χ1v) is 8.76. The van der Waals surface area contributed by atoms with Crippen LogP contribution in [-0.2, 0) is 9.47 Å². The van der Waals surface area contributed by atoms with Crippen molar-refractivity contribution in [1.82, 2.24) is 9.78 Å². The molecule has 0 aliphatic carbocycles. The fraction of sp³-hybridized carbons (Fsp3) is 0.100. The summed E-state index contributed by atoms with van der Waals surface area (Å²) in [6.07, 6.45) is 1.50. The highest BCUT2D eigenvalue weighted by Crippen LogP contribution is 2.21. The predicted octanol–water partition coefficient (Wildman–Crippen LogP) is 2.61. The number of carbonyl (C=O) groups is 3. The number of nitro benzene ring substituents is 1. The number of nitrogens with one attached hydrogen (secondary N) is 1. The van der Waals surface area contributed by atoms with Crippen LogP contribution in [0.2, 0.25) is 0 Å².